The molecule has 2 fully saturated rings. The van der Waals surface area contributed by atoms with Crippen LogP contribution in [0.4, 0.5) is 0 Å². The van der Waals surface area contributed by atoms with Crippen molar-refractivity contribution in [2.45, 2.75) is 37.1 Å². The molecule has 2 heterocycles. The van der Waals surface area contributed by atoms with Gasteiger partial charge in [-0.1, -0.05) is 6.92 Å². The summed E-state index contributed by atoms with van der Waals surface area (Å²) in [6, 6.07) is 6.66. The Morgan fingerprint density at radius 3 is 2.53 bits per heavy atom. The third kappa shape index (κ3) is 5.51. The number of sulfonamides is 1. The van der Waals surface area contributed by atoms with Gasteiger partial charge in [0.25, 0.3) is 0 Å². The van der Waals surface area contributed by atoms with E-state index < -0.39 is 10.0 Å². The number of carbonyl (C=O) groups is 1. The summed E-state index contributed by atoms with van der Waals surface area (Å²) in [6.07, 6.45) is 2.26. The Labute approximate surface area is 180 Å². The molecule has 0 saturated carbocycles. The van der Waals surface area contributed by atoms with Gasteiger partial charge in [0.05, 0.1) is 12.0 Å². The van der Waals surface area contributed by atoms with E-state index in [1.54, 1.807) is 31.4 Å². The third-order valence-corrected chi connectivity index (χ3v) is 7.94. The van der Waals surface area contributed by atoms with E-state index in [2.05, 4.69) is 17.1 Å². The van der Waals surface area contributed by atoms with E-state index >= 15 is 0 Å². The predicted molar refractivity (Wildman–Crippen MR) is 116 cm³/mol. The summed E-state index contributed by atoms with van der Waals surface area (Å²) in [4.78, 5) is 17.0. The van der Waals surface area contributed by atoms with Crippen molar-refractivity contribution in [3.63, 3.8) is 0 Å². The van der Waals surface area contributed by atoms with Crippen LogP contribution in [0.1, 0.15) is 26.2 Å². The maximum absolute atomic E-state index is 13.4. The normalized spacial score (nSPS) is 20.6. The van der Waals surface area contributed by atoms with Gasteiger partial charge in [-0.2, -0.15) is 4.31 Å². The van der Waals surface area contributed by atoms with Crippen LogP contribution in [0.25, 0.3) is 0 Å². The molecule has 0 aliphatic carbocycles. The van der Waals surface area contributed by atoms with E-state index in [-0.39, 0.29) is 29.8 Å². The largest absolute Gasteiger partial charge is 0.497 e. The number of benzene rings is 1. The van der Waals surface area contributed by atoms with Crippen molar-refractivity contribution < 1.29 is 17.9 Å². The Balaban J connectivity index is 1.76. The Morgan fingerprint density at radius 2 is 1.90 bits per heavy atom. The molecule has 168 valence electrons. The molecule has 1 amide bonds. The quantitative estimate of drug-likeness (QED) is 0.619. The number of ether oxygens (including phenoxy) is 1. The van der Waals surface area contributed by atoms with Crippen LogP contribution in [0.5, 0.6) is 5.75 Å². The van der Waals surface area contributed by atoms with E-state index in [0.29, 0.717) is 25.4 Å². The van der Waals surface area contributed by atoms with Crippen LogP contribution in [-0.4, -0.2) is 93.9 Å². The summed E-state index contributed by atoms with van der Waals surface area (Å²) in [5.74, 6) is 0.632. The van der Waals surface area contributed by atoms with Crippen molar-refractivity contribution in [2.75, 3.05) is 59.5 Å². The van der Waals surface area contributed by atoms with E-state index in [0.717, 1.165) is 39.0 Å². The zero-order valence-electron chi connectivity index (χ0n) is 18.0. The summed E-state index contributed by atoms with van der Waals surface area (Å²) in [6.45, 7) is 7.54. The number of rotatable bonds is 9. The Bertz CT molecular complexity index is 794. The zero-order valence-corrected chi connectivity index (χ0v) is 18.9. The molecule has 1 aromatic carbocycles. The number of nitrogens with one attached hydrogen (secondary N) is 1. The van der Waals surface area contributed by atoms with Crippen molar-refractivity contribution in [2.24, 2.45) is 0 Å². The first-order chi connectivity index (χ1) is 14.5. The van der Waals surface area contributed by atoms with Crippen LogP contribution in [0, 0.1) is 0 Å². The van der Waals surface area contributed by atoms with Gasteiger partial charge in [0.15, 0.2) is 0 Å². The molecule has 8 nitrogen and oxygen atoms in total. The average Bonchev–Trinajstić information content (AvgIpc) is 3.24. The molecule has 0 spiro atoms. The molecule has 1 N–H and O–H groups in total. The van der Waals surface area contributed by atoms with Crippen LogP contribution in [0.3, 0.4) is 0 Å². The van der Waals surface area contributed by atoms with Crippen LogP contribution in [-0.2, 0) is 14.8 Å². The number of methoxy groups -OCH3 is 1. The second kappa shape index (κ2) is 10.6. The highest BCUT2D eigenvalue weighted by atomic mass is 32.2. The molecule has 3 rings (SSSR count). The lowest BCUT2D eigenvalue weighted by Gasteiger charge is -2.31. The van der Waals surface area contributed by atoms with Crippen molar-refractivity contribution in [3.05, 3.63) is 24.3 Å². The Morgan fingerprint density at radius 1 is 1.20 bits per heavy atom. The van der Waals surface area contributed by atoms with Crippen LogP contribution in [0.15, 0.2) is 29.2 Å². The van der Waals surface area contributed by atoms with Gasteiger partial charge in [0.1, 0.15) is 5.75 Å². The summed E-state index contributed by atoms with van der Waals surface area (Å²) < 4.78 is 33.5. The smallest absolute Gasteiger partial charge is 0.243 e. The minimum Gasteiger partial charge on any atom is -0.497 e. The zero-order chi connectivity index (χ0) is 21.6. The lowest BCUT2D eigenvalue weighted by atomic mass is 10.2. The van der Waals surface area contributed by atoms with Crippen LogP contribution in [0.2, 0.25) is 0 Å². The molecule has 2 aliphatic heterocycles. The van der Waals surface area contributed by atoms with E-state index in [1.165, 1.54) is 4.31 Å². The number of hydrogen-bond acceptors (Lipinski definition) is 6. The van der Waals surface area contributed by atoms with E-state index in [4.69, 9.17) is 4.74 Å². The minimum atomic E-state index is -3.70. The number of hydrogen-bond donors (Lipinski definition) is 1. The second-order valence-electron chi connectivity index (χ2n) is 7.84. The van der Waals surface area contributed by atoms with Gasteiger partial charge in [-0.15, -0.1) is 0 Å². The molecule has 0 aromatic heterocycles. The molecular weight excluding hydrogens is 404 g/mol. The van der Waals surface area contributed by atoms with Crippen molar-refractivity contribution in [1.82, 2.24) is 19.4 Å². The number of piperazine rings is 1. The molecule has 30 heavy (non-hydrogen) atoms. The van der Waals surface area contributed by atoms with Crippen molar-refractivity contribution in [3.8, 4) is 5.75 Å². The molecular formula is C21H34N4O4S. The van der Waals surface area contributed by atoms with Gasteiger partial charge in [-0.25, -0.2) is 8.42 Å². The number of likely N-dealkylation sites (tertiary alicyclic amines) is 1. The van der Waals surface area contributed by atoms with Gasteiger partial charge in [-0.3, -0.25) is 9.69 Å². The molecule has 0 radical (unpaired) electrons. The third-order valence-electron chi connectivity index (χ3n) is 6.06. The Hall–Kier alpha value is -1.68. The SMILES string of the molecule is CCN1CCCC1CN(CCC(=O)N1CCNCC1)S(=O)(=O)c1ccc(OC)cc1. The lowest BCUT2D eigenvalue weighted by molar-refractivity contribution is -0.131. The van der Waals surface area contributed by atoms with Gasteiger partial charge >= 0.3 is 0 Å². The number of likely N-dealkylation sites (N-methyl/N-ethyl adjacent to an activating group) is 1. The van der Waals surface area contributed by atoms with E-state index in [9.17, 15) is 13.2 Å². The summed E-state index contributed by atoms with van der Waals surface area (Å²) >= 11 is 0. The number of nitrogens with zero attached hydrogens (tertiary/aromatic N) is 3. The highest BCUT2D eigenvalue weighted by Crippen LogP contribution is 2.24. The van der Waals surface area contributed by atoms with Crippen LogP contribution >= 0.6 is 0 Å². The highest BCUT2D eigenvalue weighted by Gasteiger charge is 2.32. The first kappa shape index (κ1) is 23.0. The van der Waals surface area contributed by atoms with Gasteiger partial charge in [0, 0.05) is 51.7 Å². The highest BCUT2D eigenvalue weighted by molar-refractivity contribution is 7.89. The fraction of sp³-hybridized carbons (Fsp3) is 0.667. The molecule has 1 aromatic rings. The number of carbonyl (C=O) groups excluding carboxylic acids is 1. The number of amides is 1. The monoisotopic (exact) mass is 438 g/mol. The van der Waals surface area contributed by atoms with Gasteiger partial charge in [0.2, 0.25) is 15.9 Å². The van der Waals surface area contributed by atoms with Crippen LogP contribution < -0.4 is 10.1 Å². The lowest BCUT2D eigenvalue weighted by Crippen LogP contribution is -2.48. The molecule has 2 saturated heterocycles. The first-order valence-corrected chi connectivity index (χ1v) is 12.3. The molecule has 9 heteroatoms. The Kier molecular flexibility index (Phi) is 8.10. The molecule has 1 atom stereocenters. The maximum Gasteiger partial charge on any atom is 0.243 e. The average molecular weight is 439 g/mol. The first-order valence-electron chi connectivity index (χ1n) is 10.8. The molecule has 1 unspecified atom stereocenters. The predicted octanol–water partition coefficient (Wildman–Crippen LogP) is 0.992. The van der Waals surface area contributed by atoms with Crippen molar-refractivity contribution in [1.29, 1.82) is 0 Å². The van der Waals surface area contributed by atoms with Gasteiger partial charge in [-0.05, 0) is 50.2 Å². The molecule has 2 aliphatic rings. The summed E-state index contributed by atoms with van der Waals surface area (Å²) in [5.41, 5.74) is 0. The summed E-state index contributed by atoms with van der Waals surface area (Å²) in [5, 5.41) is 3.23. The van der Waals surface area contributed by atoms with Gasteiger partial charge < -0.3 is 15.0 Å². The standard InChI is InChI=1S/C21H34N4O4S/c1-3-23-13-4-5-18(23)17-25(14-10-21(26)24-15-11-22-12-16-24)30(27,28)20-8-6-19(29-2)7-9-20/h6-9,18,22H,3-5,10-17H2,1-2H3. The van der Waals surface area contributed by atoms with Crippen molar-refractivity contribution >= 4 is 15.9 Å². The topological polar surface area (TPSA) is 82.2 Å². The maximum atomic E-state index is 13.4. The minimum absolute atomic E-state index is 0.0187. The fourth-order valence-corrected chi connectivity index (χ4v) is 5.73. The summed E-state index contributed by atoms with van der Waals surface area (Å²) in [7, 11) is -2.15. The molecule has 0 bridgehead atoms. The fourth-order valence-electron chi connectivity index (χ4n) is 4.25. The van der Waals surface area contributed by atoms with E-state index in [1.807, 2.05) is 4.90 Å². The second-order valence-corrected chi connectivity index (χ2v) is 9.78.